The van der Waals surface area contributed by atoms with Crippen molar-refractivity contribution in [1.29, 1.82) is 0 Å². The van der Waals surface area contributed by atoms with Gasteiger partial charge in [-0.25, -0.2) is 8.42 Å². The smallest absolute Gasteiger partial charge is 0.243 e. The summed E-state index contributed by atoms with van der Waals surface area (Å²) < 4.78 is 25.8. The summed E-state index contributed by atoms with van der Waals surface area (Å²) in [6.45, 7) is 6.05. The van der Waals surface area contributed by atoms with Gasteiger partial charge in [0, 0.05) is 18.1 Å². The van der Waals surface area contributed by atoms with Gasteiger partial charge in [-0.3, -0.25) is 9.10 Å². The first kappa shape index (κ1) is 22.3. The van der Waals surface area contributed by atoms with Gasteiger partial charge in [-0.2, -0.15) is 11.8 Å². The van der Waals surface area contributed by atoms with Crippen LogP contribution in [0.2, 0.25) is 0 Å². The second-order valence-electron chi connectivity index (χ2n) is 6.90. The second-order valence-corrected chi connectivity index (χ2v) is 9.87. The summed E-state index contributed by atoms with van der Waals surface area (Å²) in [6, 6.07) is 14.7. The van der Waals surface area contributed by atoms with Gasteiger partial charge in [0.2, 0.25) is 15.9 Å². The van der Waals surface area contributed by atoms with E-state index in [1.807, 2.05) is 13.0 Å². The number of amides is 1. The summed E-state index contributed by atoms with van der Waals surface area (Å²) in [6.07, 6.45) is 1.12. The number of rotatable bonds is 9. The number of anilines is 1. The molecule has 0 aromatic heterocycles. The number of thioether (sulfide) groups is 1. The zero-order valence-corrected chi connectivity index (χ0v) is 18.4. The Bertz CT molecular complexity index is 896. The Morgan fingerprint density at radius 2 is 1.79 bits per heavy atom. The van der Waals surface area contributed by atoms with Crippen molar-refractivity contribution in [2.24, 2.45) is 0 Å². The number of nitrogens with zero attached hydrogens (tertiary/aromatic N) is 1. The van der Waals surface area contributed by atoms with Crippen molar-refractivity contribution in [3.63, 3.8) is 0 Å². The summed E-state index contributed by atoms with van der Waals surface area (Å²) >= 11 is 1.73. The van der Waals surface area contributed by atoms with Gasteiger partial charge in [0.15, 0.2) is 0 Å². The number of aryl methyl sites for hydroxylation is 2. The Hall–Kier alpha value is -1.99. The lowest BCUT2D eigenvalue weighted by atomic mass is 10.2. The van der Waals surface area contributed by atoms with Crippen LogP contribution >= 0.6 is 11.8 Å². The predicted octanol–water partition coefficient (Wildman–Crippen LogP) is 3.51. The van der Waals surface area contributed by atoms with Crippen LogP contribution in [0.1, 0.15) is 23.6 Å². The van der Waals surface area contributed by atoms with E-state index in [2.05, 4.69) is 36.5 Å². The predicted molar refractivity (Wildman–Crippen MR) is 118 cm³/mol. The SMILES string of the molecule is Cc1ccc(CSCCNC(=O)C(C)N(c2cccc(C)c2)S(C)(=O)=O)cc1. The highest BCUT2D eigenvalue weighted by Gasteiger charge is 2.28. The van der Waals surface area contributed by atoms with Gasteiger partial charge < -0.3 is 5.32 Å². The fourth-order valence-corrected chi connectivity index (χ4v) is 4.83. The van der Waals surface area contributed by atoms with E-state index in [0.717, 1.165) is 23.3 Å². The van der Waals surface area contributed by atoms with Crippen LogP contribution in [-0.4, -0.2) is 38.9 Å². The summed E-state index contributed by atoms with van der Waals surface area (Å²) in [4.78, 5) is 12.5. The fourth-order valence-electron chi connectivity index (χ4n) is 2.84. The van der Waals surface area contributed by atoms with Crippen LogP contribution in [-0.2, 0) is 20.6 Å². The van der Waals surface area contributed by atoms with Gasteiger partial charge in [0.1, 0.15) is 6.04 Å². The van der Waals surface area contributed by atoms with E-state index in [9.17, 15) is 13.2 Å². The summed E-state index contributed by atoms with van der Waals surface area (Å²) in [5, 5.41) is 2.85. The largest absolute Gasteiger partial charge is 0.353 e. The number of nitrogens with one attached hydrogen (secondary N) is 1. The molecule has 1 N–H and O–H groups in total. The lowest BCUT2D eigenvalue weighted by molar-refractivity contribution is -0.121. The van der Waals surface area contributed by atoms with Gasteiger partial charge in [-0.1, -0.05) is 42.0 Å². The van der Waals surface area contributed by atoms with Crippen molar-refractivity contribution >= 4 is 33.4 Å². The maximum absolute atomic E-state index is 12.5. The molecule has 0 saturated heterocycles. The van der Waals surface area contributed by atoms with Gasteiger partial charge in [-0.15, -0.1) is 0 Å². The molecular formula is C21H28N2O3S2. The van der Waals surface area contributed by atoms with Crippen LogP contribution in [0.3, 0.4) is 0 Å². The van der Waals surface area contributed by atoms with Crippen LogP contribution in [0.25, 0.3) is 0 Å². The molecule has 5 nitrogen and oxygen atoms in total. The van der Waals surface area contributed by atoms with Gasteiger partial charge in [0.05, 0.1) is 11.9 Å². The van der Waals surface area contributed by atoms with Crippen LogP contribution < -0.4 is 9.62 Å². The first-order valence-corrected chi connectivity index (χ1v) is 12.2. The van der Waals surface area contributed by atoms with Crippen molar-refractivity contribution in [3.8, 4) is 0 Å². The first-order valence-electron chi connectivity index (χ1n) is 9.15. The van der Waals surface area contributed by atoms with Gasteiger partial charge in [0.25, 0.3) is 0 Å². The third-order valence-corrected chi connectivity index (χ3v) is 6.55. The van der Waals surface area contributed by atoms with Crippen molar-refractivity contribution in [1.82, 2.24) is 5.32 Å². The fraction of sp³-hybridized carbons (Fsp3) is 0.381. The number of carbonyl (C=O) groups excluding carboxylic acids is 1. The number of carbonyl (C=O) groups is 1. The molecular weight excluding hydrogens is 392 g/mol. The average Bonchev–Trinajstić information content (AvgIpc) is 2.61. The van der Waals surface area contributed by atoms with E-state index >= 15 is 0 Å². The molecule has 0 heterocycles. The van der Waals surface area contributed by atoms with Gasteiger partial charge in [-0.05, 0) is 44.0 Å². The Balaban J connectivity index is 1.89. The molecule has 0 spiro atoms. The molecule has 28 heavy (non-hydrogen) atoms. The molecule has 0 saturated carbocycles. The molecule has 2 aromatic carbocycles. The first-order chi connectivity index (χ1) is 13.2. The monoisotopic (exact) mass is 420 g/mol. The minimum Gasteiger partial charge on any atom is -0.353 e. The number of hydrogen-bond acceptors (Lipinski definition) is 4. The zero-order chi connectivity index (χ0) is 20.7. The van der Waals surface area contributed by atoms with Crippen molar-refractivity contribution in [2.45, 2.75) is 32.6 Å². The third-order valence-electron chi connectivity index (χ3n) is 4.28. The molecule has 0 radical (unpaired) electrons. The lowest BCUT2D eigenvalue weighted by Gasteiger charge is -2.28. The van der Waals surface area contributed by atoms with E-state index in [-0.39, 0.29) is 5.91 Å². The normalized spacial score (nSPS) is 12.4. The maximum atomic E-state index is 12.5. The van der Waals surface area contributed by atoms with Crippen molar-refractivity contribution < 1.29 is 13.2 Å². The van der Waals surface area contributed by atoms with Crippen molar-refractivity contribution in [3.05, 3.63) is 65.2 Å². The van der Waals surface area contributed by atoms with E-state index in [1.54, 1.807) is 36.9 Å². The molecule has 1 amide bonds. The molecule has 0 aliphatic rings. The van der Waals surface area contributed by atoms with Crippen molar-refractivity contribution in [2.75, 3.05) is 22.9 Å². The molecule has 0 bridgehead atoms. The summed E-state index contributed by atoms with van der Waals surface area (Å²) in [5.41, 5.74) is 3.92. The zero-order valence-electron chi connectivity index (χ0n) is 16.8. The molecule has 152 valence electrons. The lowest BCUT2D eigenvalue weighted by Crippen LogP contribution is -2.48. The summed E-state index contributed by atoms with van der Waals surface area (Å²) in [7, 11) is -3.59. The van der Waals surface area contributed by atoms with E-state index in [1.165, 1.54) is 15.4 Å². The quantitative estimate of drug-likeness (QED) is 0.631. The Kier molecular flexibility index (Phi) is 7.95. The number of sulfonamides is 1. The Morgan fingerprint density at radius 3 is 2.39 bits per heavy atom. The molecule has 1 unspecified atom stereocenters. The molecule has 2 rings (SSSR count). The summed E-state index contributed by atoms with van der Waals surface area (Å²) in [5.74, 6) is 1.34. The highest BCUT2D eigenvalue weighted by Crippen LogP contribution is 2.22. The minimum atomic E-state index is -3.59. The molecule has 7 heteroatoms. The molecule has 0 aliphatic carbocycles. The average molecular weight is 421 g/mol. The number of benzene rings is 2. The molecule has 2 aromatic rings. The van der Waals surface area contributed by atoms with Crippen LogP contribution in [0.4, 0.5) is 5.69 Å². The van der Waals surface area contributed by atoms with Gasteiger partial charge >= 0.3 is 0 Å². The van der Waals surface area contributed by atoms with Crippen LogP contribution in [0, 0.1) is 13.8 Å². The Labute approximate surface area is 172 Å². The van der Waals surface area contributed by atoms with E-state index in [0.29, 0.717) is 12.2 Å². The van der Waals surface area contributed by atoms with E-state index < -0.39 is 16.1 Å². The molecule has 0 fully saturated rings. The van der Waals surface area contributed by atoms with E-state index in [4.69, 9.17) is 0 Å². The van der Waals surface area contributed by atoms with Crippen LogP contribution in [0.15, 0.2) is 48.5 Å². The maximum Gasteiger partial charge on any atom is 0.243 e. The highest BCUT2D eigenvalue weighted by atomic mass is 32.2. The highest BCUT2D eigenvalue weighted by molar-refractivity contribution is 7.98. The minimum absolute atomic E-state index is 0.303. The van der Waals surface area contributed by atoms with Crippen LogP contribution in [0.5, 0.6) is 0 Å². The second kappa shape index (κ2) is 9.98. The molecule has 1 atom stereocenters. The standard InChI is InChI=1S/C21H28N2O3S2/c1-16-8-10-19(11-9-16)15-27-13-12-22-21(24)18(3)23(28(4,25)26)20-7-5-6-17(2)14-20/h5-11,14,18H,12-13,15H2,1-4H3,(H,22,24). The molecule has 0 aliphatic heterocycles. The number of hydrogen-bond donors (Lipinski definition) is 1. The topological polar surface area (TPSA) is 66.5 Å². The Morgan fingerprint density at radius 1 is 1.11 bits per heavy atom. The third kappa shape index (κ3) is 6.56.